The lowest BCUT2D eigenvalue weighted by molar-refractivity contribution is 0.0624. The number of aliphatic hydroxyl groups excluding tert-OH is 1. The molecule has 2 heterocycles. The second kappa shape index (κ2) is 13.6. The van der Waals surface area contributed by atoms with Gasteiger partial charge in [0.25, 0.3) is 15.9 Å². The van der Waals surface area contributed by atoms with E-state index < -0.39 is 22.0 Å². The van der Waals surface area contributed by atoms with Crippen LogP contribution in [0.25, 0.3) is 0 Å². The first kappa shape index (κ1) is 31.4. The lowest BCUT2D eigenvalue weighted by Gasteiger charge is -2.33. The fourth-order valence-corrected chi connectivity index (χ4v) is 5.34. The van der Waals surface area contributed by atoms with Crippen molar-refractivity contribution in [3.63, 3.8) is 0 Å². The molecule has 0 saturated carbocycles. The van der Waals surface area contributed by atoms with E-state index >= 15 is 0 Å². The molecule has 1 aliphatic heterocycles. The number of nitrogens with one attached hydrogen (secondary N) is 1. The maximum atomic E-state index is 13.6. The molecule has 230 valence electrons. The molecule has 3 N–H and O–H groups in total. The van der Waals surface area contributed by atoms with Crippen molar-refractivity contribution >= 4 is 27.7 Å². The number of carbonyl (C=O) groups excluding carboxylic acids is 1. The number of carbonyl (C=O) groups is 2. The lowest BCUT2D eigenvalue weighted by atomic mass is 10.1. The van der Waals surface area contributed by atoms with Crippen LogP contribution in [0.5, 0.6) is 23.0 Å². The van der Waals surface area contributed by atoms with Gasteiger partial charge in [-0.1, -0.05) is 32.0 Å². The van der Waals surface area contributed by atoms with Gasteiger partial charge in [-0.05, 0) is 41.8 Å². The Labute approximate surface area is 249 Å². The molecular weight excluding hydrogens is 580 g/mol. The number of hydrogen-bond donors (Lipinski definition) is 3. The molecule has 2 amide bonds. The van der Waals surface area contributed by atoms with Crippen LogP contribution in [0.1, 0.15) is 35.7 Å². The zero-order valence-electron chi connectivity index (χ0n) is 24.0. The predicted octanol–water partition coefficient (Wildman–Crippen LogP) is 3.61. The Balaban J connectivity index is 1.79. The van der Waals surface area contributed by atoms with Gasteiger partial charge in [-0.15, -0.1) is 0 Å². The van der Waals surface area contributed by atoms with Gasteiger partial charge in [-0.3, -0.25) is 9.52 Å². The Hall–Kier alpha value is -4.56. The van der Waals surface area contributed by atoms with Crippen LogP contribution in [0.15, 0.2) is 59.8 Å². The van der Waals surface area contributed by atoms with E-state index in [4.69, 9.17) is 14.2 Å². The second-order valence-electron chi connectivity index (χ2n) is 9.93. The third-order valence-electron chi connectivity index (χ3n) is 6.71. The minimum absolute atomic E-state index is 0.0178. The number of aliphatic hydroxyl groups is 1. The highest BCUT2D eigenvalue weighted by molar-refractivity contribution is 7.92. The van der Waals surface area contributed by atoms with Gasteiger partial charge in [-0.25, -0.2) is 9.78 Å². The summed E-state index contributed by atoms with van der Waals surface area (Å²) < 4.78 is 46.8. The first-order valence-corrected chi connectivity index (χ1v) is 15.0. The smallest absolute Gasteiger partial charge is 0.407 e. The van der Waals surface area contributed by atoms with E-state index in [9.17, 15) is 28.2 Å². The Morgan fingerprint density at radius 3 is 2.26 bits per heavy atom. The van der Waals surface area contributed by atoms with Crippen molar-refractivity contribution in [2.45, 2.75) is 24.8 Å². The number of amides is 2. The summed E-state index contributed by atoms with van der Waals surface area (Å²) in [5.41, 5.74) is 0.794. The molecule has 43 heavy (non-hydrogen) atoms. The molecule has 1 aliphatic rings. The Kier molecular flexibility index (Phi) is 9.93. The van der Waals surface area contributed by atoms with Crippen LogP contribution in [0, 0.1) is 0 Å². The average molecular weight is 615 g/mol. The van der Waals surface area contributed by atoms with Gasteiger partial charge >= 0.3 is 6.09 Å². The first-order chi connectivity index (χ1) is 20.5. The third-order valence-corrected chi connectivity index (χ3v) is 8.00. The molecule has 14 heteroatoms. The molecule has 0 radical (unpaired) electrons. The van der Waals surface area contributed by atoms with Crippen molar-refractivity contribution < 1.29 is 42.4 Å². The summed E-state index contributed by atoms with van der Waals surface area (Å²) in [5, 5.41) is 18.5. The highest BCUT2D eigenvalue weighted by Gasteiger charge is 2.28. The number of nitrogens with zero attached hydrogens (tertiary/aromatic N) is 3. The number of rotatable bonds is 11. The highest BCUT2D eigenvalue weighted by Crippen LogP contribution is 2.43. The summed E-state index contributed by atoms with van der Waals surface area (Å²) >= 11 is 0. The minimum Gasteiger partial charge on any atom is -0.493 e. The van der Waals surface area contributed by atoms with Crippen LogP contribution >= 0.6 is 0 Å². The summed E-state index contributed by atoms with van der Waals surface area (Å²) in [7, 11) is -2.83. The van der Waals surface area contributed by atoms with Gasteiger partial charge in [0, 0.05) is 37.9 Å². The largest absolute Gasteiger partial charge is 0.493 e. The maximum Gasteiger partial charge on any atom is 0.407 e. The topological polar surface area (TPSA) is 168 Å². The number of carboxylic acid groups (broad SMARTS) is 1. The van der Waals surface area contributed by atoms with Gasteiger partial charge in [0.05, 0.1) is 19.4 Å². The number of sulfonamides is 1. The zero-order chi connectivity index (χ0) is 31.1. The van der Waals surface area contributed by atoms with Crippen molar-refractivity contribution in [3.05, 3.63) is 65.9 Å². The highest BCUT2D eigenvalue weighted by atomic mass is 32.2. The fraction of sp³-hybridized carbons (Fsp3) is 0.345. The van der Waals surface area contributed by atoms with Gasteiger partial charge in [0.1, 0.15) is 6.61 Å². The summed E-state index contributed by atoms with van der Waals surface area (Å²) in [4.78, 5) is 31.7. The van der Waals surface area contributed by atoms with E-state index in [1.807, 2.05) is 13.8 Å². The number of pyridine rings is 1. The molecule has 1 saturated heterocycles. The molecule has 3 aromatic rings. The van der Waals surface area contributed by atoms with Crippen molar-refractivity contribution in [2.75, 3.05) is 51.2 Å². The summed E-state index contributed by atoms with van der Waals surface area (Å²) in [5.74, 6) is 0.171. The fourth-order valence-electron chi connectivity index (χ4n) is 4.36. The number of benzene rings is 2. The molecule has 4 rings (SSSR count). The van der Waals surface area contributed by atoms with E-state index in [0.29, 0.717) is 5.75 Å². The van der Waals surface area contributed by atoms with Crippen molar-refractivity contribution in [3.8, 4) is 23.0 Å². The molecule has 0 unspecified atom stereocenters. The third kappa shape index (κ3) is 7.45. The van der Waals surface area contributed by atoms with Crippen LogP contribution in [-0.4, -0.2) is 91.9 Å². The summed E-state index contributed by atoms with van der Waals surface area (Å²) in [6.45, 7) is 3.92. The molecular formula is C29H34N4O9S. The monoisotopic (exact) mass is 614 g/mol. The average Bonchev–Trinajstić information content (AvgIpc) is 3.00. The molecule has 0 spiro atoms. The number of ether oxygens (including phenoxy) is 3. The molecule has 0 atom stereocenters. The van der Waals surface area contributed by atoms with Gasteiger partial charge in [-0.2, -0.15) is 8.42 Å². The number of piperazine rings is 1. The van der Waals surface area contributed by atoms with Gasteiger partial charge in [0.15, 0.2) is 28.0 Å². The van der Waals surface area contributed by atoms with E-state index in [1.165, 1.54) is 41.3 Å². The van der Waals surface area contributed by atoms with E-state index in [2.05, 4.69) is 9.71 Å². The quantitative estimate of drug-likeness (QED) is 0.290. The summed E-state index contributed by atoms with van der Waals surface area (Å²) in [6.07, 6.45) is 0.411. The zero-order valence-corrected chi connectivity index (χ0v) is 24.8. The molecule has 1 fully saturated rings. The van der Waals surface area contributed by atoms with Crippen molar-refractivity contribution in [1.29, 1.82) is 0 Å². The van der Waals surface area contributed by atoms with Gasteiger partial charge < -0.3 is 34.2 Å². The lowest BCUT2D eigenvalue weighted by Crippen LogP contribution is -2.50. The Morgan fingerprint density at radius 2 is 1.67 bits per heavy atom. The van der Waals surface area contributed by atoms with Crippen molar-refractivity contribution in [1.82, 2.24) is 14.8 Å². The minimum atomic E-state index is -4.28. The van der Waals surface area contributed by atoms with E-state index in [-0.39, 0.29) is 78.8 Å². The normalized spacial score (nSPS) is 13.5. The van der Waals surface area contributed by atoms with Crippen LogP contribution in [0.3, 0.4) is 0 Å². The summed E-state index contributed by atoms with van der Waals surface area (Å²) in [6, 6.07) is 12.5. The number of methoxy groups -OCH3 is 1. The van der Waals surface area contributed by atoms with Crippen LogP contribution in [0.4, 0.5) is 10.5 Å². The predicted molar refractivity (Wildman–Crippen MR) is 157 cm³/mol. The molecule has 1 aromatic heterocycles. The Morgan fingerprint density at radius 1 is 1.00 bits per heavy atom. The molecule has 0 aliphatic carbocycles. The van der Waals surface area contributed by atoms with E-state index in [0.717, 1.165) is 5.56 Å². The standard InChI is InChI=1S/C29H34N4O9S/c1-19(2)20-8-9-26(30-18-20)43(38,39)31-22-16-21(28(35)32-10-12-33(13-11-32)29(36)37)17-25(41-15-14-34)27(22)42-24-7-5-4-6-23(24)40-3/h4-9,16-19,31,34H,10-15H2,1-3H3,(H,36,37). The van der Waals surface area contributed by atoms with E-state index in [1.54, 1.807) is 30.3 Å². The molecule has 2 aromatic carbocycles. The first-order valence-electron chi connectivity index (χ1n) is 13.5. The molecule has 0 bridgehead atoms. The van der Waals surface area contributed by atoms with Crippen LogP contribution in [0.2, 0.25) is 0 Å². The second-order valence-corrected chi connectivity index (χ2v) is 11.6. The Bertz CT molecular complexity index is 1550. The van der Waals surface area contributed by atoms with Crippen LogP contribution in [-0.2, 0) is 10.0 Å². The SMILES string of the molecule is COc1ccccc1Oc1c(NS(=O)(=O)c2ccc(C(C)C)cn2)cc(C(=O)N2CCN(C(=O)O)CC2)cc1OCCO. The molecule has 13 nitrogen and oxygen atoms in total. The number of hydrogen-bond acceptors (Lipinski definition) is 9. The van der Waals surface area contributed by atoms with Crippen LogP contribution < -0.4 is 18.9 Å². The maximum absolute atomic E-state index is 13.6. The van der Waals surface area contributed by atoms with Gasteiger partial charge in [0.2, 0.25) is 0 Å². The number of aromatic nitrogens is 1. The number of para-hydroxylation sites is 2. The number of anilines is 1. The van der Waals surface area contributed by atoms with Crippen molar-refractivity contribution in [2.24, 2.45) is 0 Å².